The van der Waals surface area contributed by atoms with Crippen molar-refractivity contribution in [2.24, 2.45) is 0 Å². The minimum atomic E-state index is -5.11. The van der Waals surface area contributed by atoms with Crippen molar-refractivity contribution in [2.45, 2.75) is 18.9 Å². The van der Waals surface area contributed by atoms with Crippen molar-refractivity contribution in [1.29, 1.82) is 0 Å². The molecule has 0 unspecified atom stereocenters. The molecule has 0 aliphatic rings. The van der Waals surface area contributed by atoms with E-state index in [1.807, 2.05) is 5.32 Å². The van der Waals surface area contributed by atoms with Gasteiger partial charge in [0.1, 0.15) is 18.0 Å². The van der Waals surface area contributed by atoms with Gasteiger partial charge in [0, 0.05) is 17.4 Å². The smallest absolute Gasteiger partial charge is 0.416 e. The van der Waals surface area contributed by atoms with E-state index in [4.69, 9.17) is 4.74 Å². The lowest BCUT2D eigenvalue weighted by molar-refractivity contribution is -0.143. The summed E-state index contributed by atoms with van der Waals surface area (Å²) in [5, 5.41) is 8.14. The van der Waals surface area contributed by atoms with Crippen molar-refractivity contribution in [3.05, 3.63) is 81.8 Å². The van der Waals surface area contributed by atoms with Gasteiger partial charge in [-0.1, -0.05) is 0 Å². The van der Waals surface area contributed by atoms with Crippen molar-refractivity contribution < 1.29 is 40.7 Å². The van der Waals surface area contributed by atoms with Crippen molar-refractivity contribution in [3.63, 3.8) is 0 Å². The number of hydrogen-bond donors (Lipinski definition) is 2. The van der Waals surface area contributed by atoms with E-state index in [-0.39, 0.29) is 11.8 Å². The number of nitrogens with zero attached hydrogens (tertiary/aromatic N) is 2. The first kappa shape index (κ1) is 26.2. The van der Waals surface area contributed by atoms with Crippen LogP contribution >= 0.6 is 0 Å². The zero-order chi connectivity index (χ0) is 26.7. The van der Waals surface area contributed by atoms with Crippen LogP contribution in [0.1, 0.15) is 21.6 Å². The van der Waals surface area contributed by atoms with Gasteiger partial charge in [-0.15, -0.1) is 0 Å². The molecule has 190 valence electrons. The molecule has 0 aliphatic carbocycles. The number of methoxy groups -OCH3 is 1. The van der Waals surface area contributed by atoms with Gasteiger partial charge < -0.3 is 15.4 Å². The van der Waals surface area contributed by atoms with Gasteiger partial charge in [-0.3, -0.25) is 14.4 Å². The predicted octanol–water partition coefficient (Wildman–Crippen LogP) is 4.18. The minimum Gasteiger partial charge on any atom is -0.497 e. The Hall–Kier alpha value is -4.36. The zero-order valence-electron chi connectivity index (χ0n) is 18.2. The Balaban J connectivity index is 1.78. The molecular weight excluding hydrogens is 498 g/mol. The van der Waals surface area contributed by atoms with Gasteiger partial charge in [-0.25, -0.2) is 4.68 Å². The second-order valence-electron chi connectivity index (χ2n) is 7.24. The molecule has 0 radical (unpaired) electrons. The van der Waals surface area contributed by atoms with Gasteiger partial charge >= 0.3 is 12.4 Å². The summed E-state index contributed by atoms with van der Waals surface area (Å²) in [6.07, 6.45) is -10.2. The third kappa shape index (κ3) is 6.61. The standard InChI is InChI=1S/C22H16F6N4O4/c1-36-16-4-2-14(3-5-16)30-20(35)17-6-7-19(34)32(31-17)11-18(33)29-15-9-12(21(23,24)25)8-13(10-15)22(26,27)28/h2-10H,11H2,1H3,(H,29,33)(H,30,35). The van der Waals surface area contributed by atoms with Crippen LogP contribution < -0.4 is 20.9 Å². The summed E-state index contributed by atoms with van der Waals surface area (Å²) >= 11 is 0. The first-order valence-electron chi connectivity index (χ1n) is 9.89. The summed E-state index contributed by atoms with van der Waals surface area (Å²) in [6.45, 7) is -0.889. The number of amides is 2. The summed E-state index contributed by atoms with van der Waals surface area (Å²) in [7, 11) is 1.46. The van der Waals surface area contributed by atoms with E-state index < -0.39 is 53.1 Å². The number of rotatable bonds is 6. The van der Waals surface area contributed by atoms with Gasteiger partial charge in [0.25, 0.3) is 11.5 Å². The number of carbonyl (C=O) groups excluding carboxylic acids is 2. The van der Waals surface area contributed by atoms with Gasteiger partial charge in [-0.2, -0.15) is 31.4 Å². The van der Waals surface area contributed by atoms with Gasteiger partial charge in [-0.05, 0) is 48.5 Å². The highest BCUT2D eigenvalue weighted by molar-refractivity contribution is 6.02. The number of hydrogen-bond acceptors (Lipinski definition) is 5. The quantitative estimate of drug-likeness (QED) is 0.481. The van der Waals surface area contributed by atoms with Crippen molar-refractivity contribution in [3.8, 4) is 5.75 Å². The Morgan fingerprint density at radius 3 is 1.97 bits per heavy atom. The number of ether oxygens (including phenoxy) is 1. The topological polar surface area (TPSA) is 102 Å². The summed E-state index contributed by atoms with van der Waals surface area (Å²) in [5.41, 5.74) is -4.80. The van der Waals surface area contributed by atoms with E-state index in [0.717, 1.165) is 12.1 Å². The van der Waals surface area contributed by atoms with Crippen LogP contribution in [0.4, 0.5) is 37.7 Å². The predicted molar refractivity (Wildman–Crippen MR) is 115 cm³/mol. The fraction of sp³-hybridized carbons (Fsp3) is 0.182. The highest BCUT2D eigenvalue weighted by atomic mass is 19.4. The molecule has 36 heavy (non-hydrogen) atoms. The third-order valence-corrected chi connectivity index (χ3v) is 4.61. The molecule has 3 aromatic rings. The van der Waals surface area contributed by atoms with Crippen LogP contribution in [0.3, 0.4) is 0 Å². The first-order chi connectivity index (χ1) is 16.8. The lowest BCUT2D eigenvalue weighted by Gasteiger charge is -2.15. The molecule has 0 aliphatic heterocycles. The lowest BCUT2D eigenvalue weighted by atomic mass is 10.1. The highest BCUT2D eigenvalue weighted by Crippen LogP contribution is 2.37. The second-order valence-corrected chi connectivity index (χ2v) is 7.24. The number of carbonyl (C=O) groups is 2. The van der Waals surface area contributed by atoms with Gasteiger partial charge in [0.05, 0.1) is 18.2 Å². The van der Waals surface area contributed by atoms with Crippen molar-refractivity contribution >= 4 is 23.2 Å². The normalized spacial score (nSPS) is 11.6. The first-order valence-corrected chi connectivity index (χ1v) is 9.89. The SMILES string of the molecule is COc1ccc(NC(=O)c2ccc(=O)n(CC(=O)Nc3cc(C(F)(F)F)cc(C(F)(F)F)c3)n2)cc1. The molecule has 1 heterocycles. The number of benzene rings is 2. The summed E-state index contributed by atoms with van der Waals surface area (Å²) in [4.78, 5) is 36.8. The van der Waals surface area contributed by atoms with Crippen LogP contribution in [0, 0.1) is 0 Å². The molecule has 0 atom stereocenters. The van der Waals surface area contributed by atoms with E-state index in [0.29, 0.717) is 28.3 Å². The van der Waals surface area contributed by atoms with Crippen LogP contribution in [0.5, 0.6) is 5.75 Å². The van der Waals surface area contributed by atoms with E-state index >= 15 is 0 Å². The molecule has 0 fully saturated rings. The van der Waals surface area contributed by atoms with Crippen LogP contribution in [-0.4, -0.2) is 28.7 Å². The third-order valence-electron chi connectivity index (χ3n) is 4.61. The Morgan fingerprint density at radius 2 is 1.44 bits per heavy atom. The molecule has 0 saturated carbocycles. The molecular formula is C22H16F6N4O4. The number of anilines is 2. The molecule has 2 N–H and O–H groups in total. The molecule has 0 spiro atoms. The van der Waals surface area contributed by atoms with E-state index in [2.05, 4.69) is 10.4 Å². The average Bonchev–Trinajstić information content (AvgIpc) is 2.79. The summed E-state index contributed by atoms with van der Waals surface area (Å²) in [6, 6.07) is 8.78. The van der Waals surface area contributed by atoms with Crippen LogP contribution in [-0.2, 0) is 23.7 Å². The van der Waals surface area contributed by atoms with Crippen molar-refractivity contribution in [1.82, 2.24) is 9.78 Å². The molecule has 2 amide bonds. The Labute approximate surface area is 198 Å². The molecule has 0 bridgehead atoms. The summed E-state index contributed by atoms with van der Waals surface area (Å²) < 4.78 is 83.6. The minimum absolute atomic E-state index is 0.0907. The fourth-order valence-electron chi connectivity index (χ4n) is 2.92. The maximum atomic E-state index is 13.0. The molecule has 0 saturated heterocycles. The molecule has 8 nitrogen and oxygen atoms in total. The Kier molecular flexibility index (Phi) is 7.36. The van der Waals surface area contributed by atoms with Crippen molar-refractivity contribution in [2.75, 3.05) is 17.7 Å². The average molecular weight is 514 g/mol. The molecule has 3 rings (SSSR count). The maximum absolute atomic E-state index is 13.0. The van der Waals surface area contributed by atoms with E-state index in [1.54, 1.807) is 12.1 Å². The number of alkyl halides is 6. The molecule has 2 aromatic carbocycles. The van der Waals surface area contributed by atoms with E-state index in [1.165, 1.54) is 19.2 Å². The maximum Gasteiger partial charge on any atom is 0.416 e. The van der Waals surface area contributed by atoms with Gasteiger partial charge in [0.15, 0.2) is 0 Å². The van der Waals surface area contributed by atoms with Crippen LogP contribution in [0.2, 0.25) is 0 Å². The largest absolute Gasteiger partial charge is 0.497 e. The number of nitrogens with one attached hydrogen (secondary N) is 2. The summed E-state index contributed by atoms with van der Waals surface area (Å²) in [5.74, 6) is -1.36. The second kappa shape index (κ2) is 10.1. The Morgan fingerprint density at radius 1 is 0.861 bits per heavy atom. The number of halogens is 6. The molecule has 1 aromatic heterocycles. The lowest BCUT2D eigenvalue weighted by Crippen LogP contribution is -2.31. The molecule has 14 heteroatoms. The Bertz CT molecular complexity index is 1300. The van der Waals surface area contributed by atoms with E-state index in [9.17, 15) is 40.7 Å². The highest BCUT2D eigenvalue weighted by Gasteiger charge is 2.37. The van der Waals surface area contributed by atoms with Gasteiger partial charge in [0.2, 0.25) is 5.91 Å². The van der Waals surface area contributed by atoms with Crippen LogP contribution in [0.25, 0.3) is 0 Å². The monoisotopic (exact) mass is 514 g/mol. The fourth-order valence-corrected chi connectivity index (χ4v) is 2.92. The zero-order valence-corrected chi connectivity index (χ0v) is 18.2. The van der Waals surface area contributed by atoms with Crippen LogP contribution in [0.15, 0.2) is 59.4 Å². The number of aromatic nitrogens is 2.